The number of benzene rings is 1. The van der Waals surface area contributed by atoms with E-state index in [9.17, 15) is 9.59 Å². The van der Waals surface area contributed by atoms with Gasteiger partial charge in [0.1, 0.15) is 17.5 Å². The van der Waals surface area contributed by atoms with E-state index < -0.39 is 0 Å². The van der Waals surface area contributed by atoms with E-state index in [1.54, 1.807) is 13.8 Å². The van der Waals surface area contributed by atoms with Crippen molar-refractivity contribution in [1.29, 1.82) is 5.26 Å². The van der Waals surface area contributed by atoms with Gasteiger partial charge in [-0.1, -0.05) is 13.3 Å². The molecule has 29 heavy (non-hydrogen) atoms. The Bertz CT molecular complexity index is 1150. The molecule has 0 fully saturated rings. The van der Waals surface area contributed by atoms with Crippen LogP contribution in [-0.4, -0.2) is 20.9 Å². The summed E-state index contributed by atoms with van der Waals surface area (Å²) < 4.78 is 0. The maximum Gasteiger partial charge on any atom is 0.266 e. The lowest BCUT2D eigenvalue weighted by Gasteiger charge is -2.11. The molecular weight excluding hydrogens is 366 g/mol. The maximum absolute atomic E-state index is 12.4. The lowest BCUT2D eigenvalue weighted by atomic mass is 9.99. The Labute approximate surface area is 169 Å². The topological polar surface area (TPSA) is 114 Å². The van der Waals surface area contributed by atoms with Crippen LogP contribution in [0.4, 0.5) is 5.69 Å². The van der Waals surface area contributed by atoms with E-state index in [1.807, 2.05) is 24.3 Å². The first-order valence-electron chi connectivity index (χ1n) is 9.83. The van der Waals surface area contributed by atoms with Gasteiger partial charge in [0.15, 0.2) is 0 Å². The number of anilines is 1. The highest BCUT2D eigenvalue weighted by molar-refractivity contribution is 5.93. The molecule has 0 unspecified atom stereocenters. The van der Waals surface area contributed by atoms with E-state index in [-0.39, 0.29) is 23.5 Å². The molecule has 0 bridgehead atoms. The van der Waals surface area contributed by atoms with Crippen LogP contribution in [-0.2, 0) is 17.6 Å². The van der Waals surface area contributed by atoms with E-state index in [2.05, 4.69) is 27.2 Å². The molecule has 0 saturated heterocycles. The zero-order chi connectivity index (χ0) is 21.0. The number of amides is 1. The predicted octanol–water partition coefficient (Wildman–Crippen LogP) is 3.65. The SMILES string of the molecule is CCCCc1nc2ccc(NC(=O)CCc3c(C)[nH]c(=O)c(C#N)c3C)cc2[nH]1. The first-order valence-corrected chi connectivity index (χ1v) is 9.83. The van der Waals surface area contributed by atoms with Crippen LogP contribution in [0.5, 0.6) is 0 Å². The van der Waals surface area contributed by atoms with Crippen molar-refractivity contribution < 1.29 is 4.79 Å². The van der Waals surface area contributed by atoms with Gasteiger partial charge in [-0.2, -0.15) is 5.26 Å². The summed E-state index contributed by atoms with van der Waals surface area (Å²) in [5.74, 6) is 0.834. The van der Waals surface area contributed by atoms with Gasteiger partial charge in [0.25, 0.3) is 5.56 Å². The third kappa shape index (κ3) is 4.54. The van der Waals surface area contributed by atoms with Crippen molar-refractivity contribution in [2.24, 2.45) is 0 Å². The van der Waals surface area contributed by atoms with E-state index >= 15 is 0 Å². The summed E-state index contributed by atoms with van der Waals surface area (Å²) in [6.07, 6.45) is 3.81. The molecule has 0 aliphatic rings. The number of fused-ring (bicyclic) bond motifs is 1. The van der Waals surface area contributed by atoms with Crippen LogP contribution in [0.2, 0.25) is 0 Å². The van der Waals surface area contributed by atoms with Crippen molar-refractivity contribution in [2.45, 2.75) is 52.9 Å². The van der Waals surface area contributed by atoms with Gasteiger partial charge >= 0.3 is 0 Å². The Morgan fingerprint density at radius 2 is 2.03 bits per heavy atom. The Morgan fingerprint density at radius 1 is 1.24 bits per heavy atom. The van der Waals surface area contributed by atoms with Crippen LogP contribution in [0.25, 0.3) is 11.0 Å². The first kappa shape index (κ1) is 20.3. The summed E-state index contributed by atoms with van der Waals surface area (Å²) in [5, 5.41) is 12.1. The Hall–Kier alpha value is -3.40. The molecule has 3 N–H and O–H groups in total. The molecule has 0 saturated carbocycles. The molecule has 3 aromatic rings. The molecule has 1 aromatic carbocycles. The number of carbonyl (C=O) groups excluding carboxylic acids is 1. The molecule has 7 nitrogen and oxygen atoms in total. The van der Waals surface area contributed by atoms with Crippen molar-refractivity contribution in [3.63, 3.8) is 0 Å². The summed E-state index contributed by atoms with van der Waals surface area (Å²) in [6.45, 7) is 5.68. The molecule has 2 heterocycles. The fourth-order valence-corrected chi connectivity index (χ4v) is 3.49. The molecule has 150 valence electrons. The highest BCUT2D eigenvalue weighted by Gasteiger charge is 2.14. The van der Waals surface area contributed by atoms with Gasteiger partial charge in [0.2, 0.25) is 5.91 Å². The third-order valence-electron chi connectivity index (χ3n) is 5.10. The minimum atomic E-state index is -0.387. The van der Waals surface area contributed by atoms with Crippen LogP contribution in [0.15, 0.2) is 23.0 Å². The number of imidazole rings is 1. The molecule has 0 spiro atoms. The van der Waals surface area contributed by atoms with Gasteiger partial charge in [0.05, 0.1) is 11.0 Å². The Morgan fingerprint density at radius 3 is 2.76 bits per heavy atom. The van der Waals surface area contributed by atoms with Crippen molar-refractivity contribution in [1.82, 2.24) is 15.0 Å². The summed E-state index contributed by atoms with van der Waals surface area (Å²) in [4.78, 5) is 34.8. The van der Waals surface area contributed by atoms with Crippen molar-refractivity contribution in [3.8, 4) is 6.07 Å². The number of hydrogen-bond acceptors (Lipinski definition) is 4. The van der Waals surface area contributed by atoms with Crippen molar-refractivity contribution in [2.75, 3.05) is 5.32 Å². The zero-order valence-corrected chi connectivity index (χ0v) is 17.0. The number of nitrogens with one attached hydrogen (secondary N) is 3. The van der Waals surface area contributed by atoms with Crippen LogP contribution in [0.3, 0.4) is 0 Å². The average molecular weight is 391 g/mol. The van der Waals surface area contributed by atoms with Crippen molar-refractivity contribution in [3.05, 3.63) is 56.8 Å². The van der Waals surface area contributed by atoms with Crippen LogP contribution in [0.1, 0.15) is 54.4 Å². The second kappa shape index (κ2) is 8.74. The summed E-state index contributed by atoms with van der Waals surface area (Å²) in [6, 6.07) is 7.56. The van der Waals surface area contributed by atoms with Gasteiger partial charge < -0.3 is 15.3 Å². The Kier molecular flexibility index (Phi) is 6.13. The van der Waals surface area contributed by atoms with E-state index in [0.29, 0.717) is 23.4 Å². The van der Waals surface area contributed by atoms with Gasteiger partial charge in [-0.05, 0) is 56.0 Å². The fraction of sp³-hybridized carbons (Fsp3) is 0.364. The van der Waals surface area contributed by atoms with Crippen LogP contribution >= 0.6 is 0 Å². The number of rotatable bonds is 7. The number of aryl methyl sites for hydroxylation is 2. The van der Waals surface area contributed by atoms with Gasteiger partial charge in [-0.3, -0.25) is 9.59 Å². The third-order valence-corrected chi connectivity index (χ3v) is 5.10. The molecule has 2 aromatic heterocycles. The fourth-order valence-electron chi connectivity index (χ4n) is 3.49. The molecule has 0 aliphatic heterocycles. The van der Waals surface area contributed by atoms with Gasteiger partial charge in [0, 0.05) is 24.2 Å². The first-order chi connectivity index (χ1) is 13.9. The second-order valence-electron chi connectivity index (χ2n) is 7.24. The summed E-state index contributed by atoms with van der Waals surface area (Å²) >= 11 is 0. The number of hydrogen-bond donors (Lipinski definition) is 3. The molecule has 0 radical (unpaired) electrons. The molecule has 3 rings (SSSR count). The molecule has 1 amide bonds. The number of H-pyrrole nitrogens is 2. The molecule has 0 aliphatic carbocycles. The van der Waals surface area contributed by atoms with Crippen LogP contribution < -0.4 is 10.9 Å². The lowest BCUT2D eigenvalue weighted by Crippen LogP contribution is -2.18. The monoisotopic (exact) mass is 391 g/mol. The highest BCUT2D eigenvalue weighted by atomic mass is 16.1. The number of unbranched alkanes of at least 4 members (excludes halogenated alkanes) is 1. The normalized spacial score (nSPS) is 10.8. The summed E-state index contributed by atoms with van der Waals surface area (Å²) in [5.41, 5.74) is 4.38. The molecule has 0 atom stereocenters. The number of nitriles is 1. The minimum Gasteiger partial charge on any atom is -0.342 e. The lowest BCUT2D eigenvalue weighted by molar-refractivity contribution is -0.116. The molecular formula is C22H25N5O2. The van der Waals surface area contributed by atoms with E-state index in [0.717, 1.165) is 41.7 Å². The largest absolute Gasteiger partial charge is 0.342 e. The number of aromatic nitrogens is 3. The quantitative estimate of drug-likeness (QED) is 0.570. The molecule has 7 heteroatoms. The number of aromatic amines is 2. The maximum atomic E-state index is 12.4. The van der Waals surface area contributed by atoms with Gasteiger partial charge in [-0.25, -0.2) is 4.98 Å². The highest BCUT2D eigenvalue weighted by Crippen LogP contribution is 2.19. The standard InChI is InChI=1S/C22H25N5O2/c1-4-5-6-20-26-18-9-7-15(11-19(18)27-20)25-21(28)10-8-16-13(2)17(12-23)22(29)24-14(16)3/h7,9,11H,4-6,8,10H2,1-3H3,(H,24,29)(H,25,28)(H,26,27). The van der Waals surface area contributed by atoms with E-state index in [4.69, 9.17) is 5.26 Å². The predicted molar refractivity (Wildman–Crippen MR) is 113 cm³/mol. The smallest absolute Gasteiger partial charge is 0.266 e. The second-order valence-corrected chi connectivity index (χ2v) is 7.24. The number of nitrogens with zero attached hydrogens (tertiary/aromatic N) is 2. The van der Waals surface area contributed by atoms with E-state index in [1.165, 1.54) is 0 Å². The average Bonchev–Trinajstić information content (AvgIpc) is 3.08. The van der Waals surface area contributed by atoms with Crippen LogP contribution in [0, 0.1) is 25.2 Å². The van der Waals surface area contributed by atoms with Gasteiger partial charge in [-0.15, -0.1) is 0 Å². The van der Waals surface area contributed by atoms with Crippen molar-refractivity contribution >= 4 is 22.6 Å². The Balaban J connectivity index is 1.68. The minimum absolute atomic E-state index is 0.106. The number of pyridine rings is 1. The summed E-state index contributed by atoms with van der Waals surface area (Å²) in [7, 11) is 0. The zero-order valence-electron chi connectivity index (χ0n) is 17.0. The number of carbonyl (C=O) groups is 1.